The molecule has 0 aromatic heterocycles. The van der Waals surface area contributed by atoms with E-state index in [0.29, 0.717) is 6.04 Å². The third-order valence-corrected chi connectivity index (χ3v) is 1.37. The summed E-state index contributed by atoms with van der Waals surface area (Å²) < 4.78 is 0. The molecule has 3 heteroatoms. The molecule has 0 saturated heterocycles. The van der Waals surface area contributed by atoms with Crippen molar-refractivity contribution in [2.45, 2.75) is 19.9 Å². The molecule has 1 heterocycles. The molecule has 0 atom stereocenters. The minimum atomic E-state index is 0.448. The van der Waals surface area contributed by atoms with Crippen molar-refractivity contribution in [2.24, 2.45) is 5.73 Å². The van der Waals surface area contributed by atoms with E-state index in [-0.39, 0.29) is 0 Å². The van der Waals surface area contributed by atoms with Gasteiger partial charge in [-0.1, -0.05) is 0 Å². The molecular weight excluding hydrogens is 114 g/mol. The van der Waals surface area contributed by atoms with E-state index >= 15 is 0 Å². The van der Waals surface area contributed by atoms with Gasteiger partial charge >= 0.3 is 0 Å². The van der Waals surface area contributed by atoms with Gasteiger partial charge in [0, 0.05) is 12.6 Å². The molecule has 0 amide bonds. The third-order valence-electron chi connectivity index (χ3n) is 1.37. The molecule has 0 bridgehead atoms. The van der Waals surface area contributed by atoms with Gasteiger partial charge in [-0.3, -0.25) is 5.01 Å². The first-order valence-corrected chi connectivity index (χ1v) is 3.20. The van der Waals surface area contributed by atoms with Crippen LogP contribution in [-0.4, -0.2) is 17.6 Å². The van der Waals surface area contributed by atoms with E-state index < -0.39 is 0 Å². The summed E-state index contributed by atoms with van der Waals surface area (Å²) in [5, 5.41) is 1.96. The normalized spacial score (nSPS) is 19.0. The standard InChI is InChI=1S/C6H13N3/c1-5(2)9-6(7)3-4-8-9/h3,5,8H,4,7H2,1-2H3. The number of hydrogen-bond acceptors (Lipinski definition) is 3. The first-order valence-electron chi connectivity index (χ1n) is 3.20. The Balaban J connectivity index is 2.53. The predicted octanol–water partition coefficient (Wildman–Crippen LogP) is 0.0151. The fourth-order valence-corrected chi connectivity index (χ4v) is 0.919. The lowest BCUT2D eigenvalue weighted by molar-refractivity contribution is 0.225. The topological polar surface area (TPSA) is 41.3 Å². The summed E-state index contributed by atoms with van der Waals surface area (Å²) in [6.45, 7) is 5.06. The molecule has 0 fully saturated rings. The van der Waals surface area contributed by atoms with E-state index in [9.17, 15) is 0 Å². The minimum Gasteiger partial charge on any atom is -0.385 e. The van der Waals surface area contributed by atoms with Gasteiger partial charge in [-0.2, -0.15) is 0 Å². The van der Waals surface area contributed by atoms with Crippen molar-refractivity contribution in [1.29, 1.82) is 0 Å². The summed E-state index contributed by atoms with van der Waals surface area (Å²) in [6, 6.07) is 0.448. The van der Waals surface area contributed by atoms with Crippen molar-refractivity contribution in [2.75, 3.05) is 6.54 Å². The smallest absolute Gasteiger partial charge is 0.111 e. The maximum atomic E-state index is 5.60. The molecule has 0 saturated carbocycles. The molecule has 0 spiro atoms. The Morgan fingerprint density at radius 2 is 2.44 bits per heavy atom. The maximum absolute atomic E-state index is 5.60. The van der Waals surface area contributed by atoms with Crippen LogP contribution in [-0.2, 0) is 0 Å². The van der Waals surface area contributed by atoms with E-state index in [2.05, 4.69) is 19.3 Å². The summed E-state index contributed by atoms with van der Waals surface area (Å²) >= 11 is 0. The molecule has 0 unspecified atom stereocenters. The Labute approximate surface area is 55.5 Å². The van der Waals surface area contributed by atoms with E-state index in [1.165, 1.54) is 0 Å². The van der Waals surface area contributed by atoms with Crippen molar-refractivity contribution in [3.05, 3.63) is 11.9 Å². The van der Waals surface area contributed by atoms with E-state index in [4.69, 9.17) is 5.73 Å². The van der Waals surface area contributed by atoms with Crippen LogP contribution in [0.15, 0.2) is 11.9 Å². The zero-order valence-electron chi connectivity index (χ0n) is 5.89. The lowest BCUT2D eigenvalue weighted by atomic mass is 10.4. The molecule has 52 valence electrons. The summed E-state index contributed by atoms with van der Waals surface area (Å²) in [4.78, 5) is 0. The van der Waals surface area contributed by atoms with Crippen LogP contribution in [0.3, 0.4) is 0 Å². The van der Waals surface area contributed by atoms with Crippen LogP contribution in [0.1, 0.15) is 13.8 Å². The van der Waals surface area contributed by atoms with Gasteiger partial charge in [0.25, 0.3) is 0 Å². The molecule has 1 aliphatic rings. The van der Waals surface area contributed by atoms with E-state index in [0.717, 1.165) is 12.4 Å². The highest BCUT2D eigenvalue weighted by molar-refractivity contribution is 5.02. The number of rotatable bonds is 1. The zero-order chi connectivity index (χ0) is 6.85. The second-order valence-corrected chi connectivity index (χ2v) is 2.45. The van der Waals surface area contributed by atoms with Crippen LogP contribution in [0.2, 0.25) is 0 Å². The van der Waals surface area contributed by atoms with Gasteiger partial charge in [0.2, 0.25) is 0 Å². The average Bonchev–Trinajstić information content (AvgIpc) is 2.13. The predicted molar refractivity (Wildman–Crippen MR) is 37.2 cm³/mol. The lowest BCUT2D eigenvalue weighted by Crippen LogP contribution is -2.39. The van der Waals surface area contributed by atoms with Crippen LogP contribution in [0, 0.1) is 0 Å². The zero-order valence-corrected chi connectivity index (χ0v) is 5.89. The Hall–Kier alpha value is -0.700. The van der Waals surface area contributed by atoms with Crippen LogP contribution < -0.4 is 11.2 Å². The van der Waals surface area contributed by atoms with Crippen molar-refractivity contribution >= 4 is 0 Å². The van der Waals surface area contributed by atoms with Crippen molar-refractivity contribution in [3.63, 3.8) is 0 Å². The first-order chi connectivity index (χ1) is 4.22. The molecule has 0 radical (unpaired) electrons. The van der Waals surface area contributed by atoms with Crippen LogP contribution in [0.4, 0.5) is 0 Å². The second-order valence-electron chi connectivity index (χ2n) is 2.45. The van der Waals surface area contributed by atoms with Gasteiger partial charge in [-0.05, 0) is 19.9 Å². The number of hydrogen-bond donors (Lipinski definition) is 2. The minimum absolute atomic E-state index is 0.448. The summed E-state index contributed by atoms with van der Waals surface area (Å²) in [7, 11) is 0. The number of hydrazine groups is 1. The Morgan fingerprint density at radius 3 is 2.67 bits per heavy atom. The summed E-state index contributed by atoms with van der Waals surface area (Å²) in [6.07, 6.45) is 1.97. The van der Waals surface area contributed by atoms with Crippen LogP contribution in [0.25, 0.3) is 0 Å². The van der Waals surface area contributed by atoms with Gasteiger partial charge in [-0.15, -0.1) is 0 Å². The van der Waals surface area contributed by atoms with Gasteiger partial charge in [-0.25, -0.2) is 5.43 Å². The molecule has 9 heavy (non-hydrogen) atoms. The van der Waals surface area contributed by atoms with Crippen molar-refractivity contribution in [3.8, 4) is 0 Å². The fraction of sp³-hybridized carbons (Fsp3) is 0.667. The van der Waals surface area contributed by atoms with Crippen LogP contribution >= 0.6 is 0 Å². The molecule has 0 aromatic carbocycles. The monoisotopic (exact) mass is 127 g/mol. The van der Waals surface area contributed by atoms with Crippen LogP contribution in [0.5, 0.6) is 0 Å². The molecule has 0 aliphatic carbocycles. The van der Waals surface area contributed by atoms with E-state index in [1.54, 1.807) is 0 Å². The highest BCUT2D eigenvalue weighted by Crippen LogP contribution is 2.04. The molecule has 1 aliphatic heterocycles. The van der Waals surface area contributed by atoms with Gasteiger partial charge in [0.15, 0.2) is 0 Å². The third kappa shape index (κ3) is 1.16. The molecule has 3 nitrogen and oxygen atoms in total. The molecular formula is C6H13N3. The lowest BCUT2D eigenvalue weighted by Gasteiger charge is -2.23. The number of nitrogens with one attached hydrogen (secondary N) is 1. The number of nitrogens with zero attached hydrogens (tertiary/aromatic N) is 1. The highest BCUT2D eigenvalue weighted by atomic mass is 15.6. The highest BCUT2D eigenvalue weighted by Gasteiger charge is 2.13. The fourth-order valence-electron chi connectivity index (χ4n) is 0.919. The van der Waals surface area contributed by atoms with Gasteiger partial charge < -0.3 is 5.73 Å². The molecule has 0 aromatic rings. The van der Waals surface area contributed by atoms with Gasteiger partial charge in [0.05, 0.1) is 0 Å². The quantitative estimate of drug-likeness (QED) is 0.521. The van der Waals surface area contributed by atoms with Crippen molar-refractivity contribution in [1.82, 2.24) is 10.4 Å². The first kappa shape index (κ1) is 6.42. The maximum Gasteiger partial charge on any atom is 0.111 e. The summed E-state index contributed by atoms with van der Waals surface area (Å²) in [5.74, 6) is 0.838. The van der Waals surface area contributed by atoms with E-state index in [1.807, 2.05) is 11.1 Å². The SMILES string of the molecule is CC(C)N1NCC=C1N. The van der Waals surface area contributed by atoms with Crippen molar-refractivity contribution < 1.29 is 0 Å². The second kappa shape index (κ2) is 2.27. The Morgan fingerprint density at radius 1 is 1.78 bits per heavy atom. The molecule has 1 rings (SSSR count). The summed E-state index contributed by atoms with van der Waals surface area (Å²) in [5.41, 5.74) is 8.73. The number of nitrogens with two attached hydrogens (primary N) is 1. The largest absolute Gasteiger partial charge is 0.385 e. The Bertz CT molecular complexity index is 128. The Kier molecular flexibility index (Phi) is 1.62. The average molecular weight is 127 g/mol. The molecule has 3 N–H and O–H groups in total. The van der Waals surface area contributed by atoms with Gasteiger partial charge in [0.1, 0.15) is 5.82 Å².